The van der Waals surface area contributed by atoms with E-state index in [4.69, 9.17) is 11.6 Å². The Morgan fingerprint density at radius 1 is 1.54 bits per heavy atom. The van der Waals surface area contributed by atoms with Crippen LogP contribution in [0.2, 0.25) is 0 Å². The van der Waals surface area contributed by atoms with Gasteiger partial charge in [-0.2, -0.15) is 0 Å². The van der Waals surface area contributed by atoms with Crippen LogP contribution in [0.25, 0.3) is 0 Å². The van der Waals surface area contributed by atoms with Gasteiger partial charge in [-0.3, -0.25) is 0 Å². The third-order valence-corrected chi connectivity index (χ3v) is 2.60. The number of rotatable bonds is 2. The lowest BCUT2D eigenvalue weighted by molar-refractivity contribution is 0.140. The molecule has 0 saturated carbocycles. The third kappa shape index (κ3) is 2.46. The van der Waals surface area contributed by atoms with Crippen molar-refractivity contribution in [3.8, 4) is 0 Å². The van der Waals surface area contributed by atoms with E-state index in [0.29, 0.717) is 9.26 Å². The molecule has 6 heteroatoms. The van der Waals surface area contributed by atoms with Crippen LogP contribution in [0.3, 0.4) is 0 Å². The molecule has 0 radical (unpaired) electrons. The van der Waals surface area contributed by atoms with Gasteiger partial charge < -0.3 is 0 Å². The molecule has 0 aliphatic carbocycles. The first kappa shape index (κ1) is 11.0. The zero-order valence-corrected chi connectivity index (χ0v) is 9.11. The van der Waals surface area contributed by atoms with E-state index >= 15 is 0 Å². The highest BCUT2D eigenvalue weighted by Gasteiger charge is 2.17. The minimum Gasteiger partial charge on any atom is -0.237 e. The van der Waals surface area contributed by atoms with Crippen LogP contribution in [-0.4, -0.2) is 4.98 Å². The second-order valence-corrected chi connectivity index (χ2v) is 3.53. The Hall–Kier alpha value is -0.0400. The molecule has 0 unspecified atom stereocenters. The van der Waals surface area contributed by atoms with Gasteiger partial charge in [0.2, 0.25) is 0 Å². The molecule has 1 aromatic rings. The Kier molecular flexibility index (Phi) is 3.78. The second-order valence-electron chi connectivity index (χ2n) is 2.24. The van der Waals surface area contributed by atoms with Gasteiger partial charge >= 0.3 is 0 Å². The Morgan fingerprint density at radius 2 is 2.15 bits per heavy atom. The van der Waals surface area contributed by atoms with Crippen molar-refractivity contribution in [1.29, 1.82) is 0 Å². The second kappa shape index (κ2) is 4.45. The van der Waals surface area contributed by atoms with Gasteiger partial charge in [0, 0.05) is 5.56 Å². The number of hydrogen-bond acceptors (Lipinski definition) is 1. The van der Waals surface area contributed by atoms with Crippen molar-refractivity contribution in [2.45, 2.75) is 12.3 Å². The predicted molar refractivity (Wildman–Crippen MR) is 51.4 cm³/mol. The van der Waals surface area contributed by atoms with Gasteiger partial charge in [0.1, 0.15) is 9.39 Å². The van der Waals surface area contributed by atoms with E-state index in [-0.39, 0.29) is 5.88 Å². The molecule has 72 valence electrons. The number of hydrogen-bond donors (Lipinski definition) is 0. The number of pyridine rings is 1. The SMILES string of the molecule is Fc1cc(CCl)c(I)nc1C(F)F. The van der Waals surface area contributed by atoms with Crippen LogP contribution in [0.1, 0.15) is 17.7 Å². The topological polar surface area (TPSA) is 12.9 Å². The molecule has 0 N–H and O–H groups in total. The molecule has 0 aliphatic heterocycles. The van der Waals surface area contributed by atoms with Gasteiger partial charge in [-0.15, -0.1) is 11.6 Å². The van der Waals surface area contributed by atoms with Crippen LogP contribution in [0, 0.1) is 9.52 Å². The first-order valence-corrected chi connectivity index (χ1v) is 4.86. The molecule has 13 heavy (non-hydrogen) atoms. The van der Waals surface area contributed by atoms with Gasteiger partial charge in [0.05, 0.1) is 5.88 Å². The lowest BCUT2D eigenvalue weighted by Crippen LogP contribution is -2.01. The molecule has 0 saturated heterocycles. The standard InChI is InChI=1S/C7H4ClF3IN/c8-2-3-1-4(9)5(6(10)11)13-7(3)12/h1,6H,2H2. The van der Waals surface area contributed by atoms with E-state index in [0.717, 1.165) is 6.07 Å². The van der Waals surface area contributed by atoms with E-state index in [9.17, 15) is 13.2 Å². The monoisotopic (exact) mass is 321 g/mol. The summed E-state index contributed by atoms with van der Waals surface area (Å²) < 4.78 is 37.4. The van der Waals surface area contributed by atoms with Gasteiger partial charge in [-0.05, 0) is 28.7 Å². The van der Waals surface area contributed by atoms with Crippen LogP contribution in [0.4, 0.5) is 13.2 Å². The van der Waals surface area contributed by atoms with E-state index in [1.165, 1.54) is 0 Å². The lowest BCUT2D eigenvalue weighted by atomic mass is 10.2. The van der Waals surface area contributed by atoms with Gasteiger partial charge in [0.25, 0.3) is 6.43 Å². The zero-order valence-electron chi connectivity index (χ0n) is 6.20. The Morgan fingerprint density at radius 3 is 2.62 bits per heavy atom. The summed E-state index contributed by atoms with van der Waals surface area (Å²) in [5, 5.41) is 0. The molecule has 0 fully saturated rings. The fourth-order valence-electron chi connectivity index (χ4n) is 0.764. The first-order chi connectivity index (χ1) is 6.06. The summed E-state index contributed by atoms with van der Waals surface area (Å²) in [6.45, 7) is 0. The molecule has 0 aromatic carbocycles. The molecule has 0 atom stereocenters. The molecule has 1 nitrogen and oxygen atoms in total. The summed E-state index contributed by atoms with van der Waals surface area (Å²) in [6, 6.07) is 0.989. The molecule has 0 spiro atoms. The van der Waals surface area contributed by atoms with Crippen LogP contribution >= 0.6 is 34.2 Å². The zero-order chi connectivity index (χ0) is 10.0. The number of alkyl halides is 3. The van der Waals surface area contributed by atoms with Crippen molar-refractivity contribution < 1.29 is 13.2 Å². The maximum atomic E-state index is 12.9. The Balaban J connectivity index is 3.20. The molecule has 1 aromatic heterocycles. The van der Waals surface area contributed by atoms with Gasteiger partial charge in [0.15, 0.2) is 5.82 Å². The van der Waals surface area contributed by atoms with Crippen LogP contribution < -0.4 is 0 Å². The maximum absolute atomic E-state index is 12.9. The normalized spacial score (nSPS) is 10.9. The largest absolute Gasteiger partial charge is 0.283 e. The lowest BCUT2D eigenvalue weighted by Gasteiger charge is -2.04. The van der Waals surface area contributed by atoms with Gasteiger partial charge in [-0.25, -0.2) is 18.2 Å². The van der Waals surface area contributed by atoms with E-state index in [1.54, 1.807) is 22.6 Å². The first-order valence-electron chi connectivity index (χ1n) is 3.25. The molecular weight excluding hydrogens is 317 g/mol. The summed E-state index contributed by atoms with van der Waals surface area (Å²) in [6.07, 6.45) is -2.89. The van der Waals surface area contributed by atoms with Gasteiger partial charge in [-0.1, -0.05) is 0 Å². The molecule has 0 bridgehead atoms. The smallest absolute Gasteiger partial charge is 0.237 e. The van der Waals surface area contributed by atoms with E-state index < -0.39 is 17.9 Å². The average molecular weight is 321 g/mol. The summed E-state index contributed by atoms with van der Waals surface area (Å²) in [5.74, 6) is -0.947. The molecule has 1 heterocycles. The summed E-state index contributed by atoms with van der Waals surface area (Å²) in [5.41, 5.74) is -0.401. The van der Waals surface area contributed by atoms with Crippen LogP contribution in [0.5, 0.6) is 0 Å². The van der Waals surface area contributed by atoms with Crippen molar-refractivity contribution in [2.24, 2.45) is 0 Å². The van der Waals surface area contributed by atoms with Crippen molar-refractivity contribution in [1.82, 2.24) is 4.98 Å². The maximum Gasteiger partial charge on any atom is 0.283 e. The highest BCUT2D eigenvalue weighted by atomic mass is 127. The van der Waals surface area contributed by atoms with E-state index in [1.807, 2.05) is 0 Å². The Bertz CT molecular complexity index is 319. The highest BCUT2D eigenvalue weighted by Crippen LogP contribution is 2.23. The highest BCUT2D eigenvalue weighted by molar-refractivity contribution is 14.1. The fourth-order valence-corrected chi connectivity index (χ4v) is 1.80. The van der Waals surface area contributed by atoms with Crippen molar-refractivity contribution >= 4 is 34.2 Å². The van der Waals surface area contributed by atoms with Crippen LogP contribution in [-0.2, 0) is 5.88 Å². The molecule has 0 amide bonds. The predicted octanol–water partition coefficient (Wildman–Crippen LogP) is 3.50. The number of nitrogens with zero attached hydrogens (tertiary/aromatic N) is 1. The number of aromatic nitrogens is 1. The minimum atomic E-state index is -2.89. The summed E-state index contributed by atoms with van der Waals surface area (Å²) in [4.78, 5) is 3.42. The Labute approximate surface area is 91.4 Å². The molecule has 0 aliphatic rings. The minimum absolute atomic E-state index is 0.0612. The van der Waals surface area contributed by atoms with Crippen molar-refractivity contribution in [2.75, 3.05) is 0 Å². The average Bonchev–Trinajstić information content (AvgIpc) is 2.07. The number of halogens is 5. The summed E-state index contributed by atoms with van der Waals surface area (Å²) >= 11 is 7.18. The molecule has 1 rings (SSSR count). The fraction of sp³-hybridized carbons (Fsp3) is 0.286. The third-order valence-electron chi connectivity index (χ3n) is 1.38. The van der Waals surface area contributed by atoms with Crippen molar-refractivity contribution in [3.63, 3.8) is 0 Å². The van der Waals surface area contributed by atoms with Crippen molar-refractivity contribution in [3.05, 3.63) is 26.8 Å². The van der Waals surface area contributed by atoms with Crippen LogP contribution in [0.15, 0.2) is 6.07 Å². The molecular formula is C7H4ClF3IN. The quantitative estimate of drug-likeness (QED) is 0.461. The summed E-state index contributed by atoms with van der Waals surface area (Å²) in [7, 11) is 0. The van der Waals surface area contributed by atoms with E-state index in [2.05, 4.69) is 4.98 Å².